The lowest BCUT2D eigenvalue weighted by Gasteiger charge is -2.22. The van der Waals surface area contributed by atoms with Gasteiger partial charge in [-0.15, -0.1) is 0 Å². The molecular formula is C10H21N3O3. The fraction of sp³-hybridized carbons (Fsp3) is 0.800. The first-order chi connectivity index (χ1) is 7.41. The predicted octanol–water partition coefficient (Wildman–Crippen LogP) is -1.27. The fourth-order valence-corrected chi connectivity index (χ4v) is 1.23. The van der Waals surface area contributed by atoms with Crippen LogP contribution in [-0.4, -0.2) is 42.2 Å². The first-order valence-electron chi connectivity index (χ1n) is 5.37. The van der Waals surface area contributed by atoms with E-state index in [-0.39, 0.29) is 31.4 Å². The van der Waals surface area contributed by atoms with E-state index in [4.69, 9.17) is 5.73 Å². The van der Waals surface area contributed by atoms with Crippen LogP contribution in [0.2, 0.25) is 0 Å². The lowest BCUT2D eigenvalue weighted by Crippen LogP contribution is -2.45. The number of hydrogen-bond acceptors (Lipinski definition) is 4. The molecular weight excluding hydrogens is 210 g/mol. The molecule has 94 valence electrons. The van der Waals surface area contributed by atoms with Gasteiger partial charge in [0.05, 0.1) is 18.7 Å². The predicted molar refractivity (Wildman–Crippen MR) is 60.6 cm³/mol. The monoisotopic (exact) mass is 231 g/mol. The summed E-state index contributed by atoms with van der Waals surface area (Å²) in [7, 11) is 0. The summed E-state index contributed by atoms with van der Waals surface area (Å²) < 4.78 is 0. The van der Waals surface area contributed by atoms with Gasteiger partial charge in [-0.25, -0.2) is 0 Å². The fourth-order valence-electron chi connectivity index (χ4n) is 1.23. The number of carbonyl (C=O) groups excluding carboxylic acids is 2. The van der Waals surface area contributed by atoms with E-state index in [0.717, 1.165) is 6.42 Å². The minimum atomic E-state index is -0.901. The van der Waals surface area contributed by atoms with E-state index < -0.39 is 5.60 Å². The van der Waals surface area contributed by atoms with Crippen molar-refractivity contribution >= 4 is 11.8 Å². The van der Waals surface area contributed by atoms with Crippen molar-refractivity contribution in [3.63, 3.8) is 0 Å². The Labute approximate surface area is 95.6 Å². The van der Waals surface area contributed by atoms with Crippen molar-refractivity contribution in [2.75, 3.05) is 19.6 Å². The Hall–Kier alpha value is -1.14. The minimum Gasteiger partial charge on any atom is -0.388 e. The average Bonchev–Trinajstić information content (AvgIpc) is 2.23. The zero-order chi connectivity index (χ0) is 12.6. The standard InChI is InChI=1S/C10H21N3O3/c1-3-4-10(2,16)7-13-9(15)6-12-8(14)5-11/h16H,3-7,11H2,1-2H3,(H,12,14)(H,13,15). The van der Waals surface area contributed by atoms with Crippen LogP contribution >= 0.6 is 0 Å². The van der Waals surface area contributed by atoms with Crippen molar-refractivity contribution in [3.05, 3.63) is 0 Å². The summed E-state index contributed by atoms with van der Waals surface area (Å²) in [5, 5.41) is 14.7. The van der Waals surface area contributed by atoms with Crippen LogP contribution in [0.5, 0.6) is 0 Å². The molecule has 0 heterocycles. The van der Waals surface area contributed by atoms with E-state index >= 15 is 0 Å². The van der Waals surface area contributed by atoms with Crippen molar-refractivity contribution in [2.45, 2.75) is 32.3 Å². The lowest BCUT2D eigenvalue weighted by atomic mass is 10.0. The van der Waals surface area contributed by atoms with Crippen LogP contribution in [0, 0.1) is 0 Å². The number of nitrogens with one attached hydrogen (secondary N) is 2. The first-order valence-corrected chi connectivity index (χ1v) is 5.37. The van der Waals surface area contributed by atoms with Crippen LogP contribution in [0.25, 0.3) is 0 Å². The molecule has 1 unspecified atom stereocenters. The Morgan fingerprint density at radius 1 is 1.31 bits per heavy atom. The molecule has 6 heteroatoms. The quantitative estimate of drug-likeness (QED) is 0.438. The second kappa shape index (κ2) is 7.19. The van der Waals surface area contributed by atoms with Gasteiger partial charge in [0.25, 0.3) is 0 Å². The van der Waals surface area contributed by atoms with Crippen LogP contribution < -0.4 is 16.4 Å². The summed E-state index contributed by atoms with van der Waals surface area (Å²) in [6.07, 6.45) is 1.45. The highest BCUT2D eigenvalue weighted by Crippen LogP contribution is 2.09. The Morgan fingerprint density at radius 2 is 1.94 bits per heavy atom. The molecule has 0 saturated carbocycles. The maximum absolute atomic E-state index is 11.2. The molecule has 0 saturated heterocycles. The molecule has 0 aromatic heterocycles. The summed E-state index contributed by atoms with van der Waals surface area (Å²) in [6.45, 7) is 3.55. The Morgan fingerprint density at radius 3 is 2.44 bits per heavy atom. The molecule has 5 N–H and O–H groups in total. The van der Waals surface area contributed by atoms with Crippen molar-refractivity contribution in [2.24, 2.45) is 5.73 Å². The molecule has 0 spiro atoms. The second-order valence-corrected chi connectivity index (χ2v) is 4.00. The van der Waals surface area contributed by atoms with Gasteiger partial charge in [-0.1, -0.05) is 13.3 Å². The number of carbonyl (C=O) groups is 2. The summed E-state index contributed by atoms with van der Waals surface area (Å²) in [4.78, 5) is 22.0. The maximum Gasteiger partial charge on any atom is 0.239 e. The number of aliphatic hydroxyl groups is 1. The van der Waals surface area contributed by atoms with E-state index in [1.165, 1.54) is 0 Å². The summed E-state index contributed by atoms with van der Waals surface area (Å²) in [6, 6.07) is 0. The molecule has 0 aromatic rings. The highest BCUT2D eigenvalue weighted by atomic mass is 16.3. The minimum absolute atomic E-state index is 0.113. The summed E-state index contributed by atoms with van der Waals surface area (Å²) >= 11 is 0. The van der Waals surface area contributed by atoms with Gasteiger partial charge in [-0.3, -0.25) is 9.59 Å². The van der Waals surface area contributed by atoms with Crippen molar-refractivity contribution in [1.29, 1.82) is 0 Å². The largest absolute Gasteiger partial charge is 0.388 e. The van der Waals surface area contributed by atoms with Gasteiger partial charge in [0, 0.05) is 6.54 Å². The smallest absolute Gasteiger partial charge is 0.239 e. The van der Waals surface area contributed by atoms with E-state index in [1.54, 1.807) is 6.92 Å². The Balaban J connectivity index is 3.76. The van der Waals surface area contributed by atoms with Crippen molar-refractivity contribution in [1.82, 2.24) is 10.6 Å². The third-order valence-corrected chi connectivity index (χ3v) is 2.09. The number of amides is 2. The Kier molecular flexibility index (Phi) is 6.67. The third-order valence-electron chi connectivity index (χ3n) is 2.09. The number of nitrogens with two attached hydrogens (primary N) is 1. The molecule has 2 amide bonds. The van der Waals surface area contributed by atoms with Crippen LogP contribution in [0.15, 0.2) is 0 Å². The molecule has 0 radical (unpaired) electrons. The normalized spacial score (nSPS) is 14.0. The van der Waals surface area contributed by atoms with Crippen LogP contribution in [0.4, 0.5) is 0 Å². The molecule has 0 aliphatic heterocycles. The summed E-state index contributed by atoms with van der Waals surface area (Å²) in [5.74, 6) is -0.714. The zero-order valence-corrected chi connectivity index (χ0v) is 9.88. The van der Waals surface area contributed by atoms with Gasteiger partial charge < -0.3 is 21.5 Å². The molecule has 16 heavy (non-hydrogen) atoms. The van der Waals surface area contributed by atoms with Crippen LogP contribution in [-0.2, 0) is 9.59 Å². The highest BCUT2D eigenvalue weighted by Gasteiger charge is 2.19. The molecule has 0 bridgehead atoms. The van der Waals surface area contributed by atoms with Gasteiger partial charge in [0.15, 0.2) is 0 Å². The van der Waals surface area contributed by atoms with Crippen molar-refractivity contribution < 1.29 is 14.7 Å². The van der Waals surface area contributed by atoms with Gasteiger partial charge in [-0.05, 0) is 13.3 Å². The first kappa shape index (κ1) is 14.9. The molecule has 0 rings (SSSR count). The molecule has 6 nitrogen and oxygen atoms in total. The molecule has 0 aromatic carbocycles. The Bertz CT molecular complexity index is 241. The van der Waals surface area contributed by atoms with Gasteiger partial charge in [-0.2, -0.15) is 0 Å². The van der Waals surface area contributed by atoms with Crippen LogP contribution in [0.3, 0.4) is 0 Å². The second-order valence-electron chi connectivity index (χ2n) is 4.00. The number of rotatable bonds is 7. The van der Waals surface area contributed by atoms with E-state index in [0.29, 0.717) is 6.42 Å². The zero-order valence-electron chi connectivity index (χ0n) is 9.88. The van der Waals surface area contributed by atoms with E-state index in [9.17, 15) is 14.7 Å². The third kappa shape index (κ3) is 7.19. The average molecular weight is 231 g/mol. The molecule has 0 aliphatic carbocycles. The van der Waals surface area contributed by atoms with Crippen molar-refractivity contribution in [3.8, 4) is 0 Å². The highest BCUT2D eigenvalue weighted by molar-refractivity contribution is 5.85. The SMILES string of the molecule is CCCC(C)(O)CNC(=O)CNC(=O)CN. The van der Waals surface area contributed by atoms with Crippen LogP contribution in [0.1, 0.15) is 26.7 Å². The van der Waals surface area contributed by atoms with Gasteiger partial charge in [0.2, 0.25) is 11.8 Å². The summed E-state index contributed by atoms with van der Waals surface area (Å²) in [5.41, 5.74) is 4.16. The molecule has 0 fully saturated rings. The van der Waals surface area contributed by atoms with Gasteiger partial charge in [0.1, 0.15) is 0 Å². The van der Waals surface area contributed by atoms with Gasteiger partial charge >= 0.3 is 0 Å². The maximum atomic E-state index is 11.2. The topological polar surface area (TPSA) is 104 Å². The number of hydrogen-bond donors (Lipinski definition) is 4. The van der Waals surface area contributed by atoms with E-state index in [2.05, 4.69) is 10.6 Å². The molecule has 0 aliphatic rings. The molecule has 1 atom stereocenters. The lowest BCUT2D eigenvalue weighted by molar-refractivity contribution is -0.126. The van der Waals surface area contributed by atoms with E-state index in [1.807, 2.05) is 6.92 Å².